The molecule has 0 aliphatic heterocycles. The first-order valence-corrected chi connectivity index (χ1v) is 10.3. The highest BCUT2D eigenvalue weighted by Gasteiger charge is 2.35. The van der Waals surface area contributed by atoms with E-state index in [1.165, 1.54) is 19.2 Å². The van der Waals surface area contributed by atoms with Gasteiger partial charge in [0, 0.05) is 39.6 Å². The van der Waals surface area contributed by atoms with Crippen molar-refractivity contribution in [3.63, 3.8) is 0 Å². The number of allylic oxidation sites excluding steroid dienone is 2. The van der Waals surface area contributed by atoms with Crippen LogP contribution in [0.15, 0.2) is 78.4 Å². The van der Waals surface area contributed by atoms with Gasteiger partial charge < -0.3 is 4.74 Å². The van der Waals surface area contributed by atoms with Crippen LogP contribution in [0.4, 0.5) is 4.39 Å². The highest BCUT2D eigenvalue weighted by molar-refractivity contribution is 6.30. The van der Waals surface area contributed by atoms with E-state index in [2.05, 4.69) is 0 Å². The van der Waals surface area contributed by atoms with Crippen LogP contribution in [-0.2, 0) is 0 Å². The summed E-state index contributed by atoms with van der Waals surface area (Å²) in [5.41, 5.74) is 4.26. The molecule has 0 bridgehead atoms. The van der Waals surface area contributed by atoms with Crippen molar-refractivity contribution >= 4 is 17.4 Å². The third-order valence-electron chi connectivity index (χ3n) is 5.77. The first-order valence-electron chi connectivity index (χ1n) is 9.89. The Balaban J connectivity index is 1.80. The van der Waals surface area contributed by atoms with E-state index in [0.717, 1.165) is 16.7 Å². The summed E-state index contributed by atoms with van der Waals surface area (Å²) in [6, 6.07) is 19.8. The van der Waals surface area contributed by atoms with Crippen LogP contribution >= 0.6 is 11.6 Å². The molecule has 0 spiro atoms. The molecule has 3 aromatic rings. The molecule has 1 aliphatic carbocycles. The minimum absolute atomic E-state index is 0.000872. The normalized spacial score (nSPS) is 18.2. The van der Waals surface area contributed by atoms with E-state index < -0.39 is 0 Å². The van der Waals surface area contributed by atoms with Gasteiger partial charge in [0.2, 0.25) is 0 Å². The highest BCUT2D eigenvalue weighted by atomic mass is 35.5. The standard InChI is InChI=1S/C26H22ClFO2/c1-16-5-3-4-6-21(16)26(29)24-14-18(17-7-9-19(27)10-8-17)13-23(24)22-12-11-20(28)15-25(22)30-2/h3-12,14-15,18,23H,13H2,1-2H3. The summed E-state index contributed by atoms with van der Waals surface area (Å²) < 4.78 is 19.3. The molecule has 0 aromatic heterocycles. The molecular weight excluding hydrogens is 399 g/mol. The van der Waals surface area contributed by atoms with Crippen molar-refractivity contribution in [1.29, 1.82) is 0 Å². The number of carbonyl (C=O) groups excluding carboxylic acids is 1. The van der Waals surface area contributed by atoms with Crippen LogP contribution in [0, 0.1) is 12.7 Å². The summed E-state index contributed by atoms with van der Waals surface area (Å²) in [7, 11) is 1.52. The van der Waals surface area contributed by atoms with E-state index in [1.807, 2.05) is 61.5 Å². The number of rotatable bonds is 5. The van der Waals surface area contributed by atoms with Crippen molar-refractivity contribution in [1.82, 2.24) is 0 Å². The SMILES string of the molecule is COc1cc(F)ccc1C1CC(c2ccc(Cl)cc2)C=C1C(=O)c1ccccc1C. The van der Waals surface area contributed by atoms with Gasteiger partial charge in [-0.3, -0.25) is 4.79 Å². The number of halogens is 2. The monoisotopic (exact) mass is 420 g/mol. The second-order valence-electron chi connectivity index (χ2n) is 7.60. The molecule has 0 saturated heterocycles. The van der Waals surface area contributed by atoms with Gasteiger partial charge in [0.25, 0.3) is 0 Å². The van der Waals surface area contributed by atoms with Crippen molar-refractivity contribution in [2.45, 2.75) is 25.2 Å². The Labute approximate surface area is 181 Å². The van der Waals surface area contributed by atoms with Gasteiger partial charge in [-0.1, -0.05) is 60.1 Å². The molecule has 1 aliphatic rings. The third-order valence-corrected chi connectivity index (χ3v) is 6.02. The molecule has 2 atom stereocenters. The van der Waals surface area contributed by atoms with Gasteiger partial charge in [-0.2, -0.15) is 0 Å². The van der Waals surface area contributed by atoms with Gasteiger partial charge in [-0.15, -0.1) is 0 Å². The van der Waals surface area contributed by atoms with Crippen molar-refractivity contribution < 1.29 is 13.9 Å². The molecular formula is C26H22ClFO2. The first-order chi connectivity index (χ1) is 14.5. The zero-order chi connectivity index (χ0) is 21.3. The minimum atomic E-state index is -0.362. The third kappa shape index (κ3) is 3.90. The van der Waals surface area contributed by atoms with Crippen molar-refractivity contribution in [3.8, 4) is 5.75 Å². The number of hydrogen-bond donors (Lipinski definition) is 0. The topological polar surface area (TPSA) is 26.3 Å². The fraction of sp³-hybridized carbons (Fsp3) is 0.192. The molecule has 2 nitrogen and oxygen atoms in total. The molecule has 152 valence electrons. The average molecular weight is 421 g/mol. The Morgan fingerprint density at radius 2 is 1.80 bits per heavy atom. The Morgan fingerprint density at radius 1 is 1.07 bits per heavy atom. The lowest BCUT2D eigenvalue weighted by molar-refractivity contribution is 0.102. The highest BCUT2D eigenvalue weighted by Crippen LogP contribution is 2.47. The fourth-order valence-corrected chi connectivity index (χ4v) is 4.33. The predicted molar refractivity (Wildman–Crippen MR) is 118 cm³/mol. The summed E-state index contributed by atoms with van der Waals surface area (Å²) >= 11 is 6.05. The van der Waals surface area contributed by atoms with Crippen LogP contribution < -0.4 is 4.74 Å². The average Bonchev–Trinajstić information content (AvgIpc) is 3.19. The fourth-order valence-electron chi connectivity index (χ4n) is 4.21. The second-order valence-corrected chi connectivity index (χ2v) is 8.04. The largest absolute Gasteiger partial charge is 0.496 e. The molecule has 0 saturated carbocycles. The van der Waals surface area contributed by atoms with Crippen molar-refractivity contribution in [3.05, 3.63) is 111 Å². The summed E-state index contributed by atoms with van der Waals surface area (Å²) in [4.78, 5) is 13.5. The van der Waals surface area contributed by atoms with Crippen molar-refractivity contribution in [2.75, 3.05) is 7.11 Å². The number of hydrogen-bond acceptors (Lipinski definition) is 2. The van der Waals surface area contributed by atoms with Gasteiger partial charge in [-0.05, 0) is 42.7 Å². The molecule has 4 heteroatoms. The maximum Gasteiger partial charge on any atom is 0.189 e. The van der Waals surface area contributed by atoms with Crippen LogP contribution in [0.5, 0.6) is 5.75 Å². The molecule has 0 fully saturated rings. The molecule has 3 aromatic carbocycles. The number of Topliss-reactive ketones (excluding diaryl/α,β-unsaturated/α-hetero) is 1. The molecule has 4 rings (SSSR count). The zero-order valence-electron chi connectivity index (χ0n) is 16.9. The molecule has 0 N–H and O–H groups in total. The summed E-state index contributed by atoms with van der Waals surface area (Å²) in [5, 5.41) is 0.675. The molecule has 0 heterocycles. The van der Waals surface area contributed by atoms with Gasteiger partial charge in [0.15, 0.2) is 5.78 Å². The van der Waals surface area contributed by atoms with E-state index in [-0.39, 0.29) is 23.4 Å². The number of benzene rings is 3. The smallest absolute Gasteiger partial charge is 0.189 e. The number of carbonyl (C=O) groups is 1. The lowest BCUT2D eigenvalue weighted by atomic mass is 9.85. The number of methoxy groups -OCH3 is 1. The Hall–Kier alpha value is -2.91. The van der Waals surface area contributed by atoms with E-state index in [9.17, 15) is 9.18 Å². The quantitative estimate of drug-likeness (QED) is 0.420. The van der Waals surface area contributed by atoms with E-state index in [1.54, 1.807) is 6.07 Å². The first kappa shape index (κ1) is 20.4. The molecule has 2 unspecified atom stereocenters. The number of aryl methyl sites for hydroxylation is 1. The Kier molecular flexibility index (Phi) is 5.74. The van der Waals surface area contributed by atoms with E-state index in [0.29, 0.717) is 28.3 Å². The number of ether oxygens (including phenoxy) is 1. The van der Waals surface area contributed by atoms with E-state index in [4.69, 9.17) is 16.3 Å². The van der Waals surface area contributed by atoms with Crippen LogP contribution in [-0.4, -0.2) is 12.9 Å². The second kappa shape index (κ2) is 8.45. The Bertz CT molecular complexity index is 1120. The van der Waals surface area contributed by atoms with Crippen LogP contribution in [0.1, 0.15) is 45.3 Å². The van der Waals surface area contributed by atoms with E-state index >= 15 is 0 Å². The van der Waals surface area contributed by atoms with Gasteiger partial charge in [0.05, 0.1) is 7.11 Å². The summed E-state index contributed by atoms with van der Waals surface area (Å²) in [6.07, 6.45) is 2.75. The maximum absolute atomic E-state index is 13.8. The lowest BCUT2D eigenvalue weighted by Crippen LogP contribution is -2.11. The zero-order valence-corrected chi connectivity index (χ0v) is 17.6. The van der Waals surface area contributed by atoms with Gasteiger partial charge >= 0.3 is 0 Å². The van der Waals surface area contributed by atoms with Crippen LogP contribution in [0.3, 0.4) is 0 Å². The molecule has 0 amide bonds. The minimum Gasteiger partial charge on any atom is -0.496 e. The van der Waals surface area contributed by atoms with Crippen molar-refractivity contribution in [2.24, 2.45) is 0 Å². The van der Waals surface area contributed by atoms with Gasteiger partial charge in [0.1, 0.15) is 11.6 Å². The van der Waals surface area contributed by atoms with Gasteiger partial charge in [-0.25, -0.2) is 4.39 Å². The van der Waals surface area contributed by atoms with Crippen LogP contribution in [0.2, 0.25) is 5.02 Å². The van der Waals surface area contributed by atoms with Crippen LogP contribution in [0.25, 0.3) is 0 Å². The molecule has 0 radical (unpaired) electrons. The summed E-state index contributed by atoms with van der Waals surface area (Å²) in [6.45, 7) is 1.94. The summed E-state index contributed by atoms with van der Waals surface area (Å²) in [5.74, 6) is -0.0295. The Morgan fingerprint density at radius 3 is 2.50 bits per heavy atom. The lowest BCUT2D eigenvalue weighted by Gasteiger charge is -2.19. The maximum atomic E-state index is 13.8. The molecule has 30 heavy (non-hydrogen) atoms. The number of ketones is 1. The predicted octanol–water partition coefficient (Wildman–Crippen LogP) is 6.88.